The van der Waals surface area contributed by atoms with Gasteiger partial charge >= 0.3 is 0 Å². The minimum Gasteiger partial charge on any atom is -0.385 e. The van der Waals surface area contributed by atoms with Crippen molar-refractivity contribution in [3.63, 3.8) is 0 Å². The normalized spacial score (nSPS) is 12.6. The first kappa shape index (κ1) is 18.4. The fourth-order valence-electron chi connectivity index (χ4n) is 1.81. The Morgan fingerprint density at radius 1 is 1.45 bits per heavy atom. The third-order valence-corrected chi connectivity index (χ3v) is 4.46. The van der Waals surface area contributed by atoms with Crippen molar-refractivity contribution in [2.75, 3.05) is 25.6 Å². The average molecular weight is 329 g/mol. The molecular formula is C14H20FN3O3S. The number of sulfonamides is 1. The molecule has 8 heteroatoms. The number of rotatable bonds is 9. The molecule has 0 fully saturated rings. The first-order valence-electron chi connectivity index (χ1n) is 6.82. The van der Waals surface area contributed by atoms with Crippen LogP contribution in [-0.4, -0.2) is 34.7 Å². The van der Waals surface area contributed by atoms with Crippen molar-refractivity contribution < 1.29 is 17.5 Å². The van der Waals surface area contributed by atoms with Gasteiger partial charge in [-0.2, -0.15) is 5.26 Å². The molecule has 0 saturated carbocycles. The van der Waals surface area contributed by atoms with Crippen LogP contribution in [0.5, 0.6) is 0 Å². The number of benzene rings is 1. The molecule has 0 saturated heterocycles. The second kappa shape index (κ2) is 8.68. The highest BCUT2D eigenvalue weighted by Gasteiger charge is 2.21. The molecule has 22 heavy (non-hydrogen) atoms. The summed E-state index contributed by atoms with van der Waals surface area (Å²) in [7, 11) is -2.33. The maximum absolute atomic E-state index is 13.4. The SMILES string of the molecule is COCCCNc1ccc(F)cc1S(=O)(=O)NC(C)CC#N. The molecule has 0 radical (unpaired) electrons. The van der Waals surface area contributed by atoms with E-state index in [1.54, 1.807) is 14.0 Å². The van der Waals surface area contributed by atoms with Crippen molar-refractivity contribution in [2.24, 2.45) is 0 Å². The number of nitrogens with zero attached hydrogens (tertiary/aromatic N) is 1. The molecule has 1 unspecified atom stereocenters. The monoisotopic (exact) mass is 329 g/mol. The van der Waals surface area contributed by atoms with E-state index in [1.807, 2.05) is 6.07 Å². The van der Waals surface area contributed by atoms with Crippen LogP contribution in [0.1, 0.15) is 19.8 Å². The molecular weight excluding hydrogens is 309 g/mol. The Labute approximate surface area is 130 Å². The predicted octanol–water partition coefficient (Wildman–Crippen LogP) is 1.85. The van der Waals surface area contributed by atoms with E-state index >= 15 is 0 Å². The predicted molar refractivity (Wildman–Crippen MR) is 81.4 cm³/mol. The zero-order valence-electron chi connectivity index (χ0n) is 12.6. The van der Waals surface area contributed by atoms with Crippen LogP contribution in [0.4, 0.5) is 10.1 Å². The van der Waals surface area contributed by atoms with Crippen molar-refractivity contribution in [2.45, 2.75) is 30.7 Å². The summed E-state index contributed by atoms with van der Waals surface area (Å²) < 4.78 is 45.3. The minimum atomic E-state index is -3.91. The van der Waals surface area contributed by atoms with Crippen LogP contribution in [0, 0.1) is 17.1 Å². The fourth-order valence-corrected chi connectivity index (χ4v) is 3.25. The molecule has 0 aliphatic carbocycles. The van der Waals surface area contributed by atoms with E-state index in [9.17, 15) is 12.8 Å². The van der Waals surface area contributed by atoms with Gasteiger partial charge in [-0.25, -0.2) is 17.5 Å². The van der Waals surface area contributed by atoms with Gasteiger partial charge in [-0.1, -0.05) is 0 Å². The lowest BCUT2D eigenvalue weighted by Crippen LogP contribution is -2.32. The second-order valence-electron chi connectivity index (χ2n) is 4.80. The molecule has 1 aromatic carbocycles. The van der Waals surface area contributed by atoms with Gasteiger partial charge in [-0.05, 0) is 31.5 Å². The number of anilines is 1. The Bertz CT molecular complexity index is 629. The Morgan fingerprint density at radius 3 is 2.82 bits per heavy atom. The number of nitrogens with one attached hydrogen (secondary N) is 2. The summed E-state index contributed by atoms with van der Waals surface area (Å²) in [5.74, 6) is -0.643. The van der Waals surface area contributed by atoms with E-state index < -0.39 is 21.9 Å². The molecule has 122 valence electrons. The molecule has 1 rings (SSSR count). The first-order chi connectivity index (χ1) is 10.4. The highest BCUT2D eigenvalue weighted by molar-refractivity contribution is 7.89. The zero-order chi connectivity index (χ0) is 16.6. The summed E-state index contributed by atoms with van der Waals surface area (Å²) in [5.41, 5.74) is 0.314. The molecule has 0 aliphatic heterocycles. The Kier molecular flexibility index (Phi) is 7.24. The first-order valence-corrected chi connectivity index (χ1v) is 8.30. The molecule has 0 spiro atoms. The largest absolute Gasteiger partial charge is 0.385 e. The maximum Gasteiger partial charge on any atom is 0.243 e. The van der Waals surface area contributed by atoms with Gasteiger partial charge in [0, 0.05) is 26.3 Å². The number of hydrogen-bond acceptors (Lipinski definition) is 5. The van der Waals surface area contributed by atoms with E-state index in [4.69, 9.17) is 10.00 Å². The molecule has 2 N–H and O–H groups in total. The number of ether oxygens (including phenoxy) is 1. The van der Waals surface area contributed by atoms with Crippen LogP contribution in [-0.2, 0) is 14.8 Å². The van der Waals surface area contributed by atoms with Crippen molar-refractivity contribution in [1.29, 1.82) is 5.26 Å². The third kappa shape index (κ3) is 5.60. The number of halogens is 1. The molecule has 0 amide bonds. The molecule has 0 aliphatic rings. The zero-order valence-corrected chi connectivity index (χ0v) is 13.4. The highest BCUT2D eigenvalue weighted by Crippen LogP contribution is 2.22. The molecule has 0 aromatic heterocycles. The van der Waals surface area contributed by atoms with Crippen LogP contribution in [0.15, 0.2) is 23.1 Å². The summed E-state index contributed by atoms with van der Waals surface area (Å²) >= 11 is 0. The lowest BCUT2D eigenvalue weighted by molar-refractivity contribution is 0.198. The highest BCUT2D eigenvalue weighted by atomic mass is 32.2. The van der Waals surface area contributed by atoms with E-state index in [1.165, 1.54) is 12.1 Å². The van der Waals surface area contributed by atoms with Crippen molar-refractivity contribution in [3.05, 3.63) is 24.0 Å². The number of nitriles is 1. The van der Waals surface area contributed by atoms with Gasteiger partial charge in [0.15, 0.2) is 0 Å². The third-order valence-electron chi connectivity index (χ3n) is 2.83. The summed E-state index contributed by atoms with van der Waals surface area (Å²) in [6, 6.07) is 4.86. The van der Waals surface area contributed by atoms with Gasteiger partial charge < -0.3 is 10.1 Å². The minimum absolute atomic E-state index is 0.0329. The van der Waals surface area contributed by atoms with Gasteiger partial charge in [-0.15, -0.1) is 0 Å². The van der Waals surface area contributed by atoms with Crippen molar-refractivity contribution in [1.82, 2.24) is 4.72 Å². The van der Waals surface area contributed by atoms with Crippen LogP contribution in [0.3, 0.4) is 0 Å². The summed E-state index contributed by atoms with van der Waals surface area (Å²) in [6.07, 6.45) is 0.719. The smallest absolute Gasteiger partial charge is 0.243 e. The summed E-state index contributed by atoms with van der Waals surface area (Å²) in [5, 5.41) is 11.6. The Balaban J connectivity index is 2.95. The van der Waals surface area contributed by atoms with Crippen LogP contribution in [0.2, 0.25) is 0 Å². The van der Waals surface area contributed by atoms with Gasteiger partial charge in [0.05, 0.1) is 18.2 Å². The quantitative estimate of drug-likeness (QED) is 0.675. The van der Waals surface area contributed by atoms with E-state index in [-0.39, 0.29) is 11.3 Å². The van der Waals surface area contributed by atoms with E-state index in [2.05, 4.69) is 10.0 Å². The van der Waals surface area contributed by atoms with Gasteiger partial charge in [0.1, 0.15) is 10.7 Å². The van der Waals surface area contributed by atoms with Gasteiger partial charge in [-0.3, -0.25) is 0 Å². The van der Waals surface area contributed by atoms with E-state index in [0.29, 0.717) is 25.3 Å². The summed E-state index contributed by atoms with van der Waals surface area (Å²) in [6.45, 7) is 2.61. The topological polar surface area (TPSA) is 91.2 Å². The van der Waals surface area contributed by atoms with Crippen LogP contribution in [0.25, 0.3) is 0 Å². The molecule has 1 aromatic rings. The second-order valence-corrected chi connectivity index (χ2v) is 6.48. The number of hydrogen-bond donors (Lipinski definition) is 2. The summed E-state index contributed by atoms with van der Waals surface area (Å²) in [4.78, 5) is -0.172. The molecule has 1 atom stereocenters. The average Bonchev–Trinajstić information content (AvgIpc) is 2.44. The van der Waals surface area contributed by atoms with Crippen molar-refractivity contribution in [3.8, 4) is 6.07 Å². The maximum atomic E-state index is 13.4. The molecule has 0 heterocycles. The van der Waals surface area contributed by atoms with E-state index in [0.717, 1.165) is 6.07 Å². The van der Waals surface area contributed by atoms with Crippen molar-refractivity contribution >= 4 is 15.7 Å². The standard InChI is InChI=1S/C14H20FN3O3S/c1-11(6-7-16)18-22(19,20)14-10-12(15)4-5-13(14)17-8-3-9-21-2/h4-5,10-11,17-18H,3,6,8-9H2,1-2H3. The number of methoxy groups -OCH3 is 1. The Hall–Kier alpha value is -1.69. The lowest BCUT2D eigenvalue weighted by atomic mass is 10.3. The van der Waals surface area contributed by atoms with Crippen LogP contribution < -0.4 is 10.0 Å². The Morgan fingerprint density at radius 2 is 2.18 bits per heavy atom. The van der Waals surface area contributed by atoms with Gasteiger partial charge in [0.25, 0.3) is 0 Å². The fraction of sp³-hybridized carbons (Fsp3) is 0.500. The molecule has 6 nitrogen and oxygen atoms in total. The lowest BCUT2D eigenvalue weighted by Gasteiger charge is -2.15. The van der Waals surface area contributed by atoms with Gasteiger partial charge in [0.2, 0.25) is 10.0 Å². The molecule has 0 bridgehead atoms. The van der Waals surface area contributed by atoms with Crippen LogP contribution >= 0.6 is 0 Å².